The molecule has 0 amide bonds. The Hall–Kier alpha value is -1.61. The zero-order valence-corrected chi connectivity index (χ0v) is 13.6. The molecule has 1 unspecified atom stereocenters. The number of rotatable bonds is 7. The Morgan fingerprint density at radius 1 is 1.14 bits per heavy atom. The van der Waals surface area contributed by atoms with Gasteiger partial charge in [-0.3, -0.25) is 4.68 Å². The topological polar surface area (TPSA) is 29.9 Å². The van der Waals surface area contributed by atoms with Crippen molar-refractivity contribution in [1.82, 2.24) is 15.1 Å². The number of hydrogen-bond acceptors (Lipinski definition) is 2. The smallest absolute Gasteiger partial charge is 0.0537 e. The fourth-order valence-electron chi connectivity index (χ4n) is 3.47. The first-order chi connectivity index (χ1) is 10.2. The third-order valence-corrected chi connectivity index (χ3v) is 4.76. The van der Waals surface area contributed by atoms with E-state index in [1.165, 1.54) is 11.1 Å². The summed E-state index contributed by atoms with van der Waals surface area (Å²) in [5, 5.41) is 8.00. The zero-order valence-electron chi connectivity index (χ0n) is 13.6. The van der Waals surface area contributed by atoms with E-state index in [4.69, 9.17) is 0 Å². The zero-order chi connectivity index (χ0) is 15.3. The van der Waals surface area contributed by atoms with Gasteiger partial charge < -0.3 is 5.32 Å². The Morgan fingerprint density at radius 2 is 1.81 bits per heavy atom. The van der Waals surface area contributed by atoms with Crippen molar-refractivity contribution in [3.63, 3.8) is 0 Å². The van der Waals surface area contributed by atoms with Gasteiger partial charge in [-0.25, -0.2) is 0 Å². The summed E-state index contributed by atoms with van der Waals surface area (Å²) >= 11 is 0. The van der Waals surface area contributed by atoms with E-state index >= 15 is 0 Å². The standard InChI is InChI=1S/C18H27N3/c1-5-18(6-2,16-11-9-8-10-12-16)17(19-4)15-13-20-21(7-3)14-15/h8-14,17,19H,5-7H2,1-4H3. The Balaban J connectivity index is 2.48. The van der Waals surface area contributed by atoms with Crippen molar-refractivity contribution >= 4 is 0 Å². The minimum absolute atomic E-state index is 0.0949. The highest BCUT2D eigenvalue weighted by molar-refractivity contribution is 5.31. The fraction of sp³-hybridized carbons (Fsp3) is 0.500. The number of benzene rings is 1. The fourth-order valence-corrected chi connectivity index (χ4v) is 3.47. The minimum atomic E-state index is 0.0949. The van der Waals surface area contributed by atoms with Crippen molar-refractivity contribution in [3.8, 4) is 0 Å². The lowest BCUT2D eigenvalue weighted by molar-refractivity contribution is 0.287. The first-order valence-electron chi connectivity index (χ1n) is 7.97. The van der Waals surface area contributed by atoms with E-state index in [1.54, 1.807) is 0 Å². The van der Waals surface area contributed by atoms with Crippen LogP contribution in [0.25, 0.3) is 0 Å². The highest BCUT2D eigenvalue weighted by Crippen LogP contribution is 2.42. The van der Waals surface area contributed by atoms with Crippen molar-refractivity contribution in [2.45, 2.75) is 51.6 Å². The maximum atomic E-state index is 4.46. The highest BCUT2D eigenvalue weighted by Gasteiger charge is 2.38. The van der Waals surface area contributed by atoms with Crippen molar-refractivity contribution in [1.29, 1.82) is 0 Å². The van der Waals surface area contributed by atoms with Crippen LogP contribution in [0.4, 0.5) is 0 Å². The molecule has 1 aromatic carbocycles. The minimum Gasteiger partial charge on any atom is -0.312 e. The van der Waals surface area contributed by atoms with Gasteiger partial charge in [0.05, 0.1) is 6.20 Å². The summed E-state index contributed by atoms with van der Waals surface area (Å²) < 4.78 is 2.00. The van der Waals surface area contributed by atoms with Crippen LogP contribution in [-0.4, -0.2) is 16.8 Å². The van der Waals surface area contributed by atoms with Gasteiger partial charge in [0.2, 0.25) is 0 Å². The number of aryl methyl sites for hydroxylation is 1. The number of aromatic nitrogens is 2. The second-order valence-corrected chi connectivity index (χ2v) is 5.58. The predicted octanol–water partition coefficient (Wildman–Crippen LogP) is 3.92. The molecule has 0 saturated carbocycles. The second kappa shape index (κ2) is 6.90. The van der Waals surface area contributed by atoms with Crippen LogP contribution >= 0.6 is 0 Å². The third-order valence-electron chi connectivity index (χ3n) is 4.76. The van der Waals surface area contributed by atoms with Crippen LogP contribution in [0, 0.1) is 0 Å². The summed E-state index contributed by atoms with van der Waals surface area (Å²) in [6.07, 6.45) is 6.37. The summed E-state index contributed by atoms with van der Waals surface area (Å²) in [5.41, 5.74) is 2.77. The molecule has 0 spiro atoms. The monoisotopic (exact) mass is 285 g/mol. The Labute approximate surface area is 128 Å². The molecule has 1 N–H and O–H groups in total. The maximum absolute atomic E-state index is 4.46. The lowest BCUT2D eigenvalue weighted by Gasteiger charge is -2.40. The van der Waals surface area contributed by atoms with Gasteiger partial charge in [0.15, 0.2) is 0 Å². The van der Waals surface area contributed by atoms with E-state index in [0.29, 0.717) is 0 Å². The molecule has 0 saturated heterocycles. The molecule has 0 radical (unpaired) electrons. The molecular formula is C18H27N3. The van der Waals surface area contributed by atoms with E-state index in [1.807, 2.05) is 10.9 Å². The summed E-state index contributed by atoms with van der Waals surface area (Å²) in [6.45, 7) is 7.60. The molecule has 114 valence electrons. The van der Waals surface area contributed by atoms with Gasteiger partial charge in [-0.15, -0.1) is 0 Å². The average molecular weight is 285 g/mol. The normalized spacial score (nSPS) is 13.3. The van der Waals surface area contributed by atoms with Crippen LogP contribution in [0.5, 0.6) is 0 Å². The van der Waals surface area contributed by atoms with Crippen molar-refractivity contribution in [3.05, 3.63) is 53.9 Å². The van der Waals surface area contributed by atoms with Gasteiger partial charge in [0.25, 0.3) is 0 Å². The second-order valence-electron chi connectivity index (χ2n) is 5.58. The van der Waals surface area contributed by atoms with Crippen LogP contribution in [-0.2, 0) is 12.0 Å². The molecule has 0 aliphatic rings. The average Bonchev–Trinajstić information content (AvgIpc) is 3.02. The van der Waals surface area contributed by atoms with Gasteiger partial charge in [-0.2, -0.15) is 5.10 Å². The Morgan fingerprint density at radius 3 is 2.29 bits per heavy atom. The molecular weight excluding hydrogens is 258 g/mol. The number of likely N-dealkylation sites (N-methyl/N-ethyl adjacent to an activating group) is 1. The maximum Gasteiger partial charge on any atom is 0.0537 e. The van der Waals surface area contributed by atoms with E-state index in [-0.39, 0.29) is 11.5 Å². The Kier molecular flexibility index (Phi) is 5.18. The van der Waals surface area contributed by atoms with E-state index in [2.05, 4.69) is 74.8 Å². The molecule has 0 aliphatic heterocycles. The van der Waals surface area contributed by atoms with E-state index < -0.39 is 0 Å². The van der Waals surface area contributed by atoms with Crippen LogP contribution in [0.1, 0.15) is 50.8 Å². The van der Waals surface area contributed by atoms with Crippen LogP contribution in [0.2, 0.25) is 0 Å². The molecule has 0 aliphatic carbocycles. The lowest BCUT2D eigenvalue weighted by Crippen LogP contribution is -2.39. The third kappa shape index (κ3) is 2.88. The van der Waals surface area contributed by atoms with Gasteiger partial charge in [-0.1, -0.05) is 44.2 Å². The Bertz CT molecular complexity index is 541. The van der Waals surface area contributed by atoms with Gasteiger partial charge >= 0.3 is 0 Å². The molecule has 1 atom stereocenters. The van der Waals surface area contributed by atoms with Gasteiger partial charge in [0, 0.05) is 29.8 Å². The molecule has 21 heavy (non-hydrogen) atoms. The lowest BCUT2D eigenvalue weighted by atomic mass is 9.68. The summed E-state index contributed by atoms with van der Waals surface area (Å²) in [7, 11) is 2.05. The van der Waals surface area contributed by atoms with E-state index in [9.17, 15) is 0 Å². The molecule has 3 nitrogen and oxygen atoms in total. The first-order valence-corrected chi connectivity index (χ1v) is 7.97. The van der Waals surface area contributed by atoms with E-state index in [0.717, 1.165) is 19.4 Å². The first kappa shape index (κ1) is 15.8. The highest BCUT2D eigenvalue weighted by atomic mass is 15.3. The van der Waals surface area contributed by atoms with Crippen molar-refractivity contribution < 1.29 is 0 Å². The van der Waals surface area contributed by atoms with Crippen LogP contribution < -0.4 is 5.32 Å². The van der Waals surface area contributed by atoms with Gasteiger partial charge in [-0.05, 0) is 32.4 Å². The molecule has 1 aromatic heterocycles. The molecule has 1 heterocycles. The SMILES string of the molecule is CCn1cc(C(NC)C(CC)(CC)c2ccccc2)cn1. The molecule has 2 aromatic rings. The molecule has 3 heteroatoms. The number of nitrogens with zero attached hydrogens (tertiary/aromatic N) is 2. The quantitative estimate of drug-likeness (QED) is 0.835. The van der Waals surface area contributed by atoms with Crippen molar-refractivity contribution in [2.75, 3.05) is 7.05 Å². The number of hydrogen-bond donors (Lipinski definition) is 1. The van der Waals surface area contributed by atoms with Crippen LogP contribution in [0.15, 0.2) is 42.7 Å². The summed E-state index contributed by atoms with van der Waals surface area (Å²) in [5.74, 6) is 0. The molecule has 0 bridgehead atoms. The van der Waals surface area contributed by atoms with Gasteiger partial charge in [0.1, 0.15) is 0 Å². The largest absolute Gasteiger partial charge is 0.312 e. The van der Waals surface area contributed by atoms with Crippen LogP contribution in [0.3, 0.4) is 0 Å². The number of nitrogens with one attached hydrogen (secondary N) is 1. The summed E-state index contributed by atoms with van der Waals surface area (Å²) in [6, 6.07) is 11.1. The molecule has 2 rings (SSSR count). The molecule has 0 fully saturated rings. The van der Waals surface area contributed by atoms with Crippen molar-refractivity contribution in [2.24, 2.45) is 0 Å². The summed E-state index contributed by atoms with van der Waals surface area (Å²) in [4.78, 5) is 0. The predicted molar refractivity (Wildman–Crippen MR) is 88.4 cm³/mol.